The molecular weight excluding hydrogens is 284 g/mol. The van der Waals surface area contributed by atoms with E-state index in [1.165, 1.54) is 0 Å². The molecule has 0 aliphatic carbocycles. The Morgan fingerprint density at radius 3 is 3.06 bits per heavy atom. The van der Waals surface area contributed by atoms with Crippen LogP contribution in [-0.4, -0.2) is 37.5 Å². The Morgan fingerprint density at radius 2 is 2.47 bits per heavy atom. The Hall–Kier alpha value is -0.650. The maximum atomic E-state index is 5.55. The van der Waals surface area contributed by atoms with Gasteiger partial charge in [0.25, 0.3) is 0 Å². The summed E-state index contributed by atoms with van der Waals surface area (Å²) in [5.74, 6) is 0.846. The number of methoxy groups -OCH3 is 1. The smallest absolute Gasteiger partial charge is 0.140 e. The summed E-state index contributed by atoms with van der Waals surface area (Å²) >= 11 is 3.50. The Labute approximate surface area is 110 Å². The number of ether oxygens (including phenoxy) is 2. The number of aryl methyl sites for hydroxylation is 1. The van der Waals surface area contributed by atoms with Crippen LogP contribution < -0.4 is 5.32 Å². The molecule has 0 bridgehead atoms. The largest absolute Gasteiger partial charge is 0.378 e. The molecule has 0 amide bonds. The standard InChI is InChI=1S/C12H17BrN2O2/c1-9-5-10(13)11(14-6-9)15-7-12(16-2)3-4-17-8-12/h5-6H,3-4,7-8H2,1-2H3,(H,14,15). The summed E-state index contributed by atoms with van der Waals surface area (Å²) < 4.78 is 11.9. The molecule has 17 heavy (non-hydrogen) atoms. The number of aromatic nitrogens is 1. The van der Waals surface area contributed by atoms with Crippen molar-refractivity contribution in [3.63, 3.8) is 0 Å². The van der Waals surface area contributed by atoms with Crippen LogP contribution in [0.15, 0.2) is 16.7 Å². The number of halogens is 1. The van der Waals surface area contributed by atoms with Crippen LogP contribution in [0.4, 0.5) is 5.82 Å². The van der Waals surface area contributed by atoms with Crippen molar-refractivity contribution in [3.8, 4) is 0 Å². The highest BCUT2D eigenvalue weighted by Gasteiger charge is 2.34. The van der Waals surface area contributed by atoms with Gasteiger partial charge in [0.05, 0.1) is 11.1 Å². The van der Waals surface area contributed by atoms with E-state index in [9.17, 15) is 0 Å². The third-order valence-electron chi connectivity index (χ3n) is 3.06. The topological polar surface area (TPSA) is 43.4 Å². The number of hydrogen-bond donors (Lipinski definition) is 1. The third-order valence-corrected chi connectivity index (χ3v) is 3.66. The van der Waals surface area contributed by atoms with E-state index in [0.717, 1.165) is 28.9 Å². The van der Waals surface area contributed by atoms with Crippen LogP contribution in [0.25, 0.3) is 0 Å². The van der Waals surface area contributed by atoms with Gasteiger partial charge in [-0.1, -0.05) is 0 Å². The van der Waals surface area contributed by atoms with Crippen molar-refractivity contribution in [2.24, 2.45) is 0 Å². The van der Waals surface area contributed by atoms with Gasteiger partial charge in [0.15, 0.2) is 0 Å². The van der Waals surface area contributed by atoms with Crippen molar-refractivity contribution < 1.29 is 9.47 Å². The first kappa shape index (κ1) is 12.8. The van der Waals surface area contributed by atoms with Crippen LogP contribution in [0.2, 0.25) is 0 Å². The lowest BCUT2D eigenvalue weighted by molar-refractivity contribution is -0.00626. The molecule has 1 fully saturated rings. The van der Waals surface area contributed by atoms with E-state index in [1.807, 2.05) is 19.2 Å². The van der Waals surface area contributed by atoms with Crippen molar-refractivity contribution in [2.45, 2.75) is 18.9 Å². The highest BCUT2D eigenvalue weighted by Crippen LogP contribution is 2.25. The van der Waals surface area contributed by atoms with Crippen molar-refractivity contribution in [2.75, 3.05) is 32.2 Å². The molecule has 2 rings (SSSR count). The van der Waals surface area contributed by atoms with Crippen LogP contribution >= 0.6 is 15.9 Å². The number of hydrogen-bond acceptors (Lipinski definition) is 4. The van der Waals surface area contributed by atoms with Crippen LogP contribution in [-0.2, 0) is 9.47 Å². The Kier molecular flexibility index (Phi) is 4.01. The summed E-state index contributed by atoms with van der Waals surface area (Å²) in [6.45, 7) is 4.12. The average Bonchev–Trinajstić information content (AvgIpc) is 2.77. The molecule has 1 saturated heterocycles. The minimum absolute atomic E-state index is 0.216. The molecule has 1 aromatic heterocycles. The van der Waals surface area contributed by atoms with Crippen molar-refractivity contribution in [3.05, 3.63) is 22.3 Å². The van der Waals surface area contributed by atoms with Gasteiger partial charge in [0.1, 0.15) is 11.4 Å². The van der Waals surface area contributed by atoms with E-state index in [4.69, 9.17) is 9.47 Å². The molecule has 5 heteroatoms. The lowest BCUT2D eigenvalue weighted by Crippen LogP contribution is -2.39. The van der Waals surface area contributed by atoms with Gasteiger partial charge in [-0.15, -0.1) is 0 Å². The predicted molar refractivity (Wildman–Crippen MR) is 70.3 cm³/mol. The molecule has 1 atom stereocenters. The summed E-state index contributed by atoms with van der Waals surface area (Å²) in [6, 6.07) is 2.04. The van der Waals surface area contributed by atoms with Gasteiger partial charge in [0, 0.05) is 32.9 Å². The quantitative estimate of drug-likeness (QED) is 0.927. The first-order chi connectivity index (χ1) is 8.15. The van der Waals surface area contributed by atoms with Gasteiger partial charge in [0.2, 0.25) is 0 Å². The second-order valence-corrected chi connectivity index (χ2v) is 5.24. The highest BCUT2D eigenvalue weighted by atomic mass is 79.9. The van der Waals surface area contributed by atoms with Crippen molar-refractivity contribution in [1.29, 1.82) is 0 Å². The molecule has 0 radical (unpaired) electrons. The van der Waals surface area contributed by atoms with E-state index < -0.39 is 0 Å². The molecule has 2 heterocycles. The zero-order valence-corrected chi connectivity index (χ0v) is 11.7. The SMILES string of the molecule is COC1(CNc2ncc(C)cc2Br)CCOC1. The molecule has 0 saturated carbocycles. The van der Waals surface area contributed by atoms with Crippen LogP contribution in [0.5, 0.6) is 0 Å². The van der Waals surface area contributed by atoms with Gasteiger partial charge in [-0.2, -0.15) is 0 Å². The van der Waals surface area contributed by atoms with Crippen LogP contribution in [0, 0.1) is 6.92 Å². The summed E-state index contributed by atoms with van der Waals surface area (Å²) in [5.41, 5.74) is 0.916. The van der Waals surface area contributed by atoms with Crippen LogP contribution in [0.3, 0.4) is 0 Å². The molecule has 94 valence electrons. The number of nitrogens with one attached hydrogen (secondary N) is 1. The minimum atomic E-state index is -0.216. The number of anilines is 1. The first-order valence-electron chi connectivity index (χ1n) is 5.64. The summed E-state index contributed by atoms with van der Waals surface area (Å²) in [7, 11) is 1.73. The fourth-order valence-electron chi connectivity index (χ4n) is 1.87. The zero-order chi connectivity index (χ0) is 12.3. The van der Waals surface area contributed by atoms with Crippen molar-refractivity contribution in [1.82, 2.24) is 4.98 Å². The molecule has 0 spiro atoms. The maximum Gasteiger partial charge on any atom is 0.140 e. The van der Waals surface area contributed by atoms with Crippen molar-refractivity contribution >= 4 is 21.7 Å². The second-order valence-electron chi connectivity index (χ2n) is 4.39. The fourth-order valence-corrected chi connectivity index (χ4v) is 2.47. The summed E-state index contributed by atoms with van der Waals surface area (Å²) in [4.78, 5) is 4.35. The molecule has 0 aromatic carbocycles. The minimum Gasteiger partial charge on any atom is -0.378 e. The summed E-state index contributed by atoms with van der Waals surface area (Å²) in [5, 5.41) is 3.31. The average molecular weight is 301 g/mol. The second kappa shape index (κ2) is 5.33. The maximum absolute atomic E-state index is 5.55. The fraction of sp³-hybridized carbons (Fsp3) is 0.583. The molecule has 1 unspecified atom stereocenters. The molecule has 4 nitrogen and oxygen atoms in total. The summed E-state index contributed by atoms with van der Waals surface area (Å²) in [6.07, 6.45) is 2.76. The molecule has 1 aliphatic heterocycles. The van der Waals surface area contributed by atoms with Gasteiger partial charge < -0.3 is 14.8 Å². The lowest BCUT2D eigenvalue weighted by Gasteiger charge is -2.26. The molecule has 1 N–H and O–H groups in total. The molecular formula is C12H17BrN2O2. The highest BCUT2D eigenvalue weighted by molar-refractivity contribution is 9.10. The third kappa shape index (κ3) is 2.97. The van der Waals surface area contributed by atoms with Gasteiger partial charge in [-0.25, -0.2) is 4.98 Å². The van der Waals surface area contributed by atoms with E-state index >= 15 is 0 Å². The van der Waals surface area contributed by atoms with E-state index in [-0.39, 0.29) is 5.60 Å². The number of nitrogens with zero attached hydrogens (tertiary/aromatic N) is 1. The first-order valence-corrected chi connectivity index (χ1v) is 6.43. The van der Waals surface area contributed by atoms with Crippen LogP contribution in [0.1, 0.15) is 12.0 Å². The molecule has 1 aliphatic rings. The Bertz CT molecular complexity index is 392. The zero-order valence-electron chi connectivity index (χ0n) is 10.1. The normalized spacial score (nSPS) is 23.9. The van der Waals surface area contributed by atoms with Gasteiger partial charge >= 0.3 is 0 Å². The predicted octanol–water partition coefficient (Wildman–Crippen LogP) is 2.37. The monoisotopic (exact) mass is 300 g/mol. The van der Waals surface area contributed by atoms with Gasteiger partial charge in [-0.3, -0.25) is 0 Å². The Balaban J connectivity index is 2.01. The molecule has 1 aromatic rings. The number of rotatable bonds is 4. The van der Waals surface area contributed by atoms with E-state index in [1.54, 1.807) is 7.11 Å². The van der Waals surface area contributed by atoms with E-state index in [0.29, 0.717) is 13.2 Å². The van der Waals surface area contributed by atoms with Gasteiger partial charge in [-0.05, 0) is 34.5 Å². The lowest BCUT2D eigenvalue weighted by atomic mass is 10.0. The number of pyridine rings is 1. The Morgan fingerprint density at radius 1 is 1.65 bits per heavy atom. The van der Waals surface area contributed by atoms with E-state index in [2.05, 4.69) is 26.2 Å².